The summed E-state index contributed by atoms with van der Waals surface area (Å²) >= 11 is 0. The van der Waals surface area contributed by atoms with Gasteiger partial charge >= 0.3 is 0 Å². The first-order chi connectivity index (χ1) is 9.58. The van der Waals surface area contributed by atoms with Crippen LogP contribution in [0.5, 0.6) is 0 Å². The van der Waals surface area contributed by atoms with E-state index in [1.807, 2.05) is 4.90 Å². The smallest absolute Gasteiger partial charge is 0.227 e. The summed E-state index contributed by atoms with van der Waals surface area (Å²) in [4.78, 5) is 14.7. The van der Waals surface area contributed by atoms with E-state index in [-0.39, 0.29) is 5.91 Å². The van der Waals surface area contributed by atoms with Crippen LogP contribution in [0.15, 0.2) is 24.3 Å². The highest BCUT2D eigenvalue weighted by molar-refractivity contribution is 5.94. The summed E-state index contributed by atoms with van der Waals surface area (Å²) in [6.45, 7) is 8.29. The Bertz CT molecular complexity index is 433. The molecule has 1 heterocycles. The highest BCUT2D eigenvalue weighted by atomic mass is 16.2. The molecule has 1 aromatic carbocycles. The number of carbonyl (C=O) groups excluding carboxylic acids is 1. The standard InChI is InChI=1S/C17H26N2O/c1-13(2)12-17(20)19(16-8-10-18-11-9-16)15-6-4-14(3)5-7-15/h4-7,13,16,18H,8-12H2,1-3H3. The van der Waals surface area contributed by atoms with Gasteiger partial charge in [-0.1, -0.05) is 31.5 Å². The number of rotatable bonds is 4. The fraction of sp³-hybridized carbons (Fsp3) is 0.588. The number of nitrogens with zero attached hydrogens (tertiary/aromatic N) is 1. The van der Waals surface area contributed by atoms with Gasteiger partial charge in [-0.05, 0) is 50.9 Å². The lowest BCUT2D eigenvalue weighted by Gasteiger charge is -2.35. The minimum atomic E-state index is 0.260. The quantitative estimate of drug-likeness (QED) is 0.915. The maximum Gasteiger partial charge on any atom is 0.227 e. The van der Waals surface area contributed by atoms with Crippen molar-refractivity contribution in [1.29, 1.82) is 0 Å². The molecule has 3 heteroatoms. The molecule has 1 N–H and O–H groups in total. The number of piperidine rings is 1. The Balaban J connectivity index is 2.22. The van der Waals surface area contributed by atoms with Gasteiger partial charge in [0, 0.05) is 18.2 Å². The van der Waals surface area contributed by atoms with E-state index in [1.165, 1.54) is 5.56 Å². The zero-order chi connectivity index (χ0) is 14.5. The molecule has 20 heavy (non-hydrogen) atoms. The van der Waals surface area contributed by atoms with Gasteiger partial charge in [0.15, 0.2) is 0 Å². The van der Waals surface area contributed by atoms with Crippen molar-refractivity contribution in [2.24, 2.45) is 5.92 Å². The van der Waals surface area contributed by atoms with Crippen LogP contribution in [0.4, 0.5) is 5.69 Å². The van der Waals surface area contributed by atoms with Crippen LogP contribution in [0, 0.1) is 12.8 Å². The molecule has 0 saturated carbocycles. The van der Waals surface area contributed by atoms with Crippen LogP contribution in [0.3, 0.4) is 0 Å². The largest absolute Gasteiger partial charge is 0.317 e. The van der Waals surface area contributed by atoms with Gasteiger partial charge in [0.1, 0.15) is 0 Å². The maximum absolute atomic E-state index is 12.6. The topological polar surface area (TPSA) is 32.3 Å². The van der Waals surface area contributed by atoms with Crippen molar-refractivity contribution in [3.63, 3.8) is 0 Å². The molecule has 0 bridgehead atoms. The van der Waals surface area contributed by atoms with Crippen molar-refractivity contribution in [3.05, 3.63) is 29.8 Å². The van der Waals surface area contributed by atoms with Gasteiger partial charge < -0.3 is 10.2 Å². The first kappa shape index (κ1) is 15.0. The molecule has 0 unspecified atom stereocenters. The fourth-order valence-electron chi connectivity index (χ4n) is 2.78. The molecule has 0 atom stereocenters. The number of amides is 1. The molecule has 0 spiro atoms. The van der Waals surface area contributed by atoms with E-state index < -0.39 is 0 Å². The second kappa shape index (κ2) is 6.89. The van der Waals surface area contributed by atoms with Gasteiger partial charge in [-0.3, -0.25) is 4.79 Å². The molecule has 0 aromatic heterocycles. The summed E-state index contributed by atoms with van der Waals surface area (Å²) in [7, 11) is 0. The molecular formula is C17H26N2O. The highest BCUT2D eigenvalue weighted by Crippen LogP contribution is 2.24. The molecule has 1 aromatic rings. The van der Waals surface area contributed by atoms with Gasteiger partial charge in [-0.25, -0.2) is 0 Å². The first-order valence-corrected chi connectivity index (χ1v) is 7.67. The third kappa shape index (κ3) is 3.83. The lowest BCUT2D eigenvalue weighted by atomic mass is 10.0. The molecular weight excluding hydrogens is 248 g/mol. The van der Waals surface area contributed by atoms with Crippen LogP contribution >= 0.6 is 0 Å². The Kier molecular flexibility index (Phi) is 5.18. The SMILES string of the molecule is Cc1ccc(N(C(=O)CC(C)C)C2CCNCC2)cc1. The number of hydrogen-bond acceptors (Lipinski definition) is 2. The molecule has 1 fully saturated rings. The predicted molar refractivity (Wildman–Crippen MR) is 84.0 cm³/mol. The molecule has 2 rings (SSSR count). The van der Waals surface area contributed by atoms with Gasteiger partial charge in [0.2, 0.25) is 5.91 Å². The summed E-state index contributed by atoms with van der Waals surface area (Å²) in [5.41, 5.74) is 2.28. The molecule has 1 aliphatic heterocycles. The van der Waals surface area contributed by atoms with Crippen LogP contribution in [0.25, 0.3) is 0 Å². The number of aryl methyl sites for hydroxylation is 1. The van der Waals surface area contributed by atoms with Crippen molar-refractivity contribution < 1.29 is 4.79 Å². The fourth-order valence-corrected chi connectivity index (χ4v) is 2.78. The molecule has 1 amide bonds. The zero-order valence-corrected chi connectivity index (χ0v) is 12.9. The van der Waals surface area contributed by atoms with E-state index in [9.17, 15) is 4.79 Å². The van der Waals surface area contributed by atoms with Crippen LogP contribution in [0.2, 0.25) is 0 Å². The van der Waals surface area contributed by atoms with Crippen molar-refractivity contribution in [3.8, 4) is 0 Å². The number of carbonyl (C=O) groups is 1. The van der Waals surface area contributed by atoms with E-state index in [2.05, 4.69) is 50.4 Å². The summed E-state index contributed by atoms with van der Waals surface area (Å²) < 4.78 is 0. The van der Waals surface area contributed by atoms with E-state index in [1.54, 1.807) is 0 Å². The Morgan fingerprint density at radius 1 is 1.25 bits per heavy atom. The normalized spacial score (nSPS) is 16.4. The second-order valence-electron chi connectivity index (χ2n) is 6.18. The van der Waals surface area contributed by atoms with Crippen molar-refractivity contribution >= 4 is 11.6 Å². The number of hydrogen-bond donors (Lipinski definition) is 1. The molecule has 0 radical (unpaired) electrons. The monoisotopic (exact) mass is 274 g/mol. The van der Waals surface area contributed by atoms with Crippen molar-refractivity contribution in [2.75, 3.05) is 18.0 Å². The van der Waals surface area contributed by atoms with Gasteiger partial charge in [-0.2, -0.15) is 0 Å². The third-order valence-electron chi connectivity index (χ3n) is 3.84. The summed E-state index contributed by atoms with van der Waals surface area (Å²) in [5.74, 6) is 0.660. The van der Waals surface area contributed by atoms with E-state index >= 15 is 0 Å². The number of benzene rings is 1. The molecule has 0 aliphatic carbocycles. The molecule has 110 valence electrons. The molecule has 3 nitrogen and oxygen atoms in total. The Labute approximate surface area is 122 Å². The zero-order valence-electron chi connectivity index (χ0n) is 12.9. The average molecular weight is 274 g/mol. The van der Waals surface area contributed by atoms with Gasteiger partial charge in [-0.15, -0.1) is 0 Å². The first-order valence-electron chi connectivity index (χ1n) is 7.67. The Hall–Kier alpha value is -1.35. The van der Waals surface area contributed by atoms with Gasteiger partial charge in [0.05, 0.1) is 0 Å². The molecule has 1 saturated heterocycles. The van der Waals surface area contributed by atoms with E-state index in [0.29, 0.717) is 18.4 Å². The minimum absolute atomic E-state index is 0.260. The van der Waals surface area contributed by atoms with Crippen LogP contribution in [0.1, 0.15) is 38.7 Å². The average Bonchev–Trinajstić information content (AvgIpc) is 2.42. The predicted octanol–water partition coefficient (Wildman–Crippen LogP) is 3.13. The van der Waals surface area contributed by atoms with Crippen LogP contribution < -0.4 is 10.2 Å². The van der Waals surface area contributed by atoms with E-state index in [0.717, 1.165) is 31.6 Å². The highest BCUT2D eigenvalue weighted by Gasteiger charge is 2.26. The Morgan fingerprint density at radius 3 is 2.40 bits per heavy atom. The number of anilines is 1. The minimum Gasteiger partial charge on any atom is -0.317 e. The maximum atomic E-state index is 12.6. The lowest BCUT2D eigenvalue weighted by Crippen LogP contribution is -2.46. The van der Waals surface area contributed by atoms with Crippen LogP contribution in [-0.2, 0) is 4.79 Å². The summed E-state index contributed by atoms with van der Waals surface area (Å²) in [5, 5.41) is 3.37. The number of nitrogens with one attached hydrogen (secondary N) is 1. The van der Waals surface area contributed by atoms with E-state index in [4.69, 9.17) is 0 Å². The summed E-state index contributed by atoms with van der Waals surface area (Å²) in [6, 6.07) is 8.67. The van der Waals surface area contributed by atoms with Crippen molar-refractivity contribution in [2.45, 2.75) is 46.1 Å². The lowest BCUT2D eigenvalue weighted by molar-refractivity contribution is -0.119. The van der Waals surface area contributed by atoms with Crippen molar-refractivity contribution in [1.82, 2.24) is 5.32 Å². The second-order valence-corrected chi connectivity index (χ2v) is 6.18. The van der Waals surface area contributed by atoms with Gasteiger partial charge in [0.25, 0.3) is 0 Å². The molecule has 1 aliphatic rings. The Morgan fingerprint density at radius 2 is 1.85 bits per heavy atom. The summed E-state index contributed by atoms with van der Waals surface area (Å²) in [6.07, 6.45) is 2.70. The third-order valence-corrected chi connectivity index (χ3v) is 3.84. The van der Waals surface area contributed by atoms with Crippen LogP contribution in [-0.4, -0.2) is 25.0 Å².